The Balaban J connectivity index is 1.34. The third-order valence-electron chi connectivity index (χ3n) is 5.11. The molecule has 4 rings (SSSR count). The highest BCUT2D eigenvalue weighted by molar-refractivity contribution is 5.88. The molecule has 5 nitrogen and oxygen atoms in total. The standard InChI is InChI=1S/C21H20F3N3O2/c1-12(18-7-6-13(9-25-18)29-11-21(22,23)24)27-20(28)16-8-15(16)17-10-26-19-5-3-2-4-14(17)19/h2-7,9-10,12,15-16,26H,8,11H2,1H3,(H,27,28)/t12-,15+,16+/m1/s1. The van der Waals surface area contributed by atoms with Gasteiger partial charge in [-0.1, -0.05) is 18.2 Å². The Labute approximate surface area is 165 Å². The molecule has 8 heteroatoms. The normalized spacial score (nSPS) is 19.7. The van der Waals surface area contributed by atoms with E-state index >= 15 is 0 Å². The Bertz CT molecular complexity index is 1010. The fourth-order valence-electron chi connectivity index (χ4n) is 3.52. The summed E-state index contributed by atoms with van der Waals surface area (Å²) in [4.78, 5) is 20.0. The van der Waals surface area contributed by atoms with E-state index in [1.54, 1.807) is 13.0 Å². The van der Waals surface area contributed by atoms with Crippen molar-refractivity contribution in [1.29, 1.82) is 0 Å². The highest BCUT2D eigenvalue weighted by atomic mass is 19.4. The first-order chi connectivity index (χ1) is 13.8. The topological polar surface area (TPSA) is 67.0 Å². The van der Waals surface area contributed by atoms with Crippen molar-refractivity contribution in [1.82, 2.24) is 15.3 Å². The van der Waals surface area contributed by atoms with Crippen molar-refractivity contribution in [3.8, 4) is 5.75 Å². The number of carbonyl (C=O) groups excluding carboxylic acids is 1. The summed E-state index contributed by atoms with van der Waals surface area (Å²) in [5.74, 6) is 0.0775. The molecule has 3 aromatic rings. The number of amides is 1. The molecular weight excluding hydrogens is 383 g/mol. The lowest BCUT2D eigenvalue weighted by molar-refractivity contribution is -0.153. The summed E-state index contributed by atoms with van der Waals surface area (Å²) >= 11 is 0. The first kappa shape index (κ1) is 19.3. The average Bonchev–Trinajstić information content (AvgIpc) is 3.38. The number of ether oxygens (including phenoxy) is 1. The molecule has 3 atom stereocenters. The number of nitrogens with one attached hydrogen (secondary N) is 2. The van der Waals surface area contributed by atoms with Crippen LogP contribution < -0.4 is 10.1 Å². The largest absolute Gasteiger partial charge is 0.483 e. The van der Waals surface area contributed by atoms with Gasteiger partial charge in [0.1, 0.15) is 5.75 Å². The highest BCUT2D eigenvalue weighted by Gasteiger charge is 2.45. The van der Waals surface area contributed by atoms with Gasteiger partial charge in [-0.05, 0) is 43.0 Å². The number of fused-ring (bicyclic) bond motifs is 1. The van der Waals surface area contributed by atoms with Crippen LogP contribution in [-0.2, 0) is 4.79 Å². The summed E-state index contributed by atoms with van der Waals surface area (Å²) in [6.45, 7) is 0.427. The van der Waals surface area contributed by atoms with Crippen LogP contribution in [0.25, 0.3) is 10.9 Å². The minimum atomic E-state index is -4.40. The third kappa shape index (κ3) is 4.36. The Hall–Kier alpha value is -3.03. The van der Waals surface area contributed by atoms with Crippen molar-refractivity contribution in [2.24, 2.45) is 5.92 Å². The van der Waals surface area contributed by atoms with Crippen molar-refractivity contribution in [3.05, 3.63) is 60.0 Å². The lowest BCUT2D eigenvalue weighted by atomic mass is 10.1. The highest BCUT2D eigenvalue weighted by Crippen LogP contribution is 2.49. The molecule has 0 unspecified atom stereocenters. The van der Waals surface area contributed by atoms with Gasteiger partial charge in [0, 0.05) is 23.0 Å². The fourth-order valence-corrected chi connectivity index (χ4v) is 3.52. The van der Waals surface area contributed by atoms with Gasteiger partial charge in [-0.15, -0.1) is 0 Å². The smallest absolute Gasteiger partial charge is 0.422 e. The minimum absolute atomic E-state index is 0.0335. The van der Waals surface area contributed by atoms with Crippen LogP contribution in [-0.4, -0.2) is 28.7 Å². The molecule has 1 fully saturated rings. The second-order valence-corrected chi connectivity index (χ2v) is 7.29. The minimum Gasteiger partial charge on any atom is -0.483 e. The molecule has 2 heterocycles. The summed E-state index contributed by atoms with van der Waals surface area (Å²) < 4.78 is 41.2. The number of pyridine rings is 1. The molecule has 1 saturated carbocycles. The van der Waals surface area contributed by atoms with Gasteiger partial charge in [0.15, 0.2) is 6.61 Å². The van der Waals surface area contributed by atoms with Gasteiger partial charge in [-0.25, -0.2) is 0 Å². The van der Waals surface area contributed by atoms with Gasteiger partial charge in [-0.3, -0.25) is 9.78 Å². The van der Waals surface area contributed by atoms with Crippen LogP contribution in [0.4, 0.5) is 13.2 Å². The molecular formula is C21H20F3N3O2. The third-order valence-corrected chi connectivity index (χ3v) is 5.11. The van der Waals surface area contributed by atoms with Crippen molar-refractivity contribution < 1.29 is 22.7 Å². The van der Waals surface area contributed by atoms with Crippen LogP contribution >= 0.6 is 0 Å². The van der Waals surface area contributed by atoms with Crippen LogP contribution in [0.1, 0.15) is 36.6 Å². The number of aromatic nitrogens is 2. The van der Waals surface area contributed by atoms with Gasteiger partial charge in [-0.2, -0.15) is 13.2 Å². The molecule has 0 aliphatic heterocycles. The van der Waals surface area contributed by atoms with E-state index in [4.69, 9.17) is 0 Å². The van der Waals surface area contributed by atoms with Crippen molar-refractivity contribution in [3.63, 3.8) is 0 Å². The molecule has 29 heavy (non-hydrogen) atoms. The number of halogens is 3. The monoisotopic (exact) mass is 403 g/mol. The van der Waals surface area contributed by atoms with Gasteiger partial charge < -0.3 is 15.0 Å². The zero-order valence-corrected chi connectivity index (χ0v) is 15.7. The Kier molecular flexibility index (Phi) is 4.94. The lowest BCUT2D eigenvalue weighted by Gasteiger charge is -2.14. The number of H-pyrrole nitrogens is 1. The maximum absolute atomic E-state index is 12.6. The SMILES string of the molecule is C[C@@H](NC(=O)[C@H]1C[C@@H]1c1c[nH]c2ccccc12)c1ccc(OCC(F)(F)F)cn1. The van der Waals surface area contributed by atoms with E-state index in [0.717, 1.165) is 22.9 Å². The number of aromatic amines is 1. The number of hydrogen-bond donors (Lipinski definition) is 2. The molecule has 0 saturated heterocycles. The van der Waals surface area contributed by atoms with Gasteiger partial charge in [0.25, 0.3) is 0 Å². The second kappa shape index (κ2) is 7.42. The summed E-state index contributed by atoms with van der Waals surface area (Å²) in [5.41, 5.74) is 2.76. The van der Waals surface area contributed by atoms with Gasteiger partial charge in [0.2, 0.25) is 5.91 Å². The quantitative estimate of drug-likeness (QED) is 0.638. The number of nitrogens with zero attached hydrogens (tertiary/aromatic N) is 1. The summed E-state index contributed by atoms with van der Waals surface area (Å²) in [7, 11) is 0. The second-order valence-electron chi connectivity index (χ2n) is 7.29. The first-order valence-corrected chi connectivity index (χ1v) is 9.34. The summed E-state index contributed by atoms with van der Waals surface area (Å²) in [6, 6.07) is 10.6. The van der Waals surface area contributed by atoms with Crippen LogP contribution in [0, 0.1) is 5.92 Å². The predicted molar refractivity (Wildman–Crippen MR) is 101 cm³/mol. The van der Waals surface area contributed by atoms with Gasteiger partial charge in [0.05, 0.1) is 17.9 Å². The summed E-state index contributed by atoms with van der Waals surface area (Å²) in [5, 5.41) is 4.08. The van der Waals surface area contributed by atoms with E-state index in [-0.39, 0.29) is 29.5 Å². The zero-order valence-electron chi connectivity index (χ0n) is 15.7. The molecule has 0 radical (unpaired) electrons. The van der Waals surface area contributed by atoms with Crippen LogP contribution in [0.15, 0.2) is 48.8 Å². The van der Waals surface area contributed by atoms with E-state index in [0.29, 0.717) is 5.69 Å². The molecule has 2 aromatic heterocycles. The number of benzene rings is 1. The Morgan fingerprint density at radius 3 is 2.83 bits per heavy atom. The first-order valence-electron chi connectivity index (χ1n) is 9.34. The van der Waals surface area contributed by atoms with E-state index in [1.165, 1.54) is 12.3 Å². The number of hydrogen-bond acceptors (Lipinski definition) is 3. The molecule has 0 bridgehead atoms. The van der Waals surface area contributed by atoms with Crippen molar-refractivity contribution >= 4 is 16.8 Å². The van der Waals surface area contributed by atoms with E-state index in [9.17, 15) is 18.0 Å². The Morgan fingerprint density at radius 2 is 2.10 bits per heavy atom. The van der Waals surface area contributed by atoms with E-state index in [1.807, 2.05) is 30.5 Å². The molecule has 1 aromatic carbocycles. The number of alkyl halides is 3. The molecule has 1 aliphatic rings. The van der Waals surface area contributed by atoms with Crippen LogP contribution in [0.3, 0.4) is 0 Å². The Morgan fingerprint density at radius 1 is 1.31 bits per heavy atom. The molecule has 152 valence electrons. The molecule has 2 N–H and O–H groups in total. The van der Waals surface area contributed by atoms with Crippen LogP contribution in [0.5, 0.6) is 5.75 Å². The van der Waals surface area contributed by atoms with Crippen molar-refractivity contribution in [2.75, 3.05) is 6.61 Å². The van der Waals surface area contributed by atoms with E-state index in [2.05, 4.69) is 20.0 Å². The lowest BCUT2D eigenvalue weighted by Crippen LogP contribution is -2.29. The zero-order chi connectivity index (χ0) is 20.6. The predicted octanol–water partition coefficient (Wildman–Crippen LogP) is 4.48. The maximum atomic E-state index is 12.6. The molecule has 1 amide bonds. The maximum Gasteiger partial charge on any atom is 0.422 e. The number of carbonyl (C=O) groups is 1. The van der Waals surface area contributed by atoms with Gasteiger partial charge >= 0.3 is 6.18 Å². The fraction of sp³-hybridized carbons (Fsp3) is 0.333. The molecule has 1 aliphatic carbocycles. The number of para-hydroxylation sites is 1. The van der Waals surface area contributed by atoms with E-state index < -0.39 is 12.8 Å². The van der Waals surface area contributed by atoms with Crippen molar-refractivity contribution in [2.45, 2.75) is 31.5 Å². The molecule has 0 spiro atoms. The number of rotatable bonds is 6. The summed E-state index contributed by atoms with van der Waals surface area (Å²) in [6.07, 6.45) is -0.410. The average molecular weight is 403 g/mol. The van der Waals surface area contributed by atoms with Crippen LogP contribution in [0.2, 0.25) is 0 Å².